The van der Waals surface area contributed by atoms with Crippen LogP contribution in [0.25, 0.3) is 44.7 Å². The van der Waals surface area contributed by atoms with E-state index in [2.05, 4.69) is 51.4 Å². The van der Waals surface area contributed by atoms with Crippen LogP contribution in [-0.2, 0) is 5.54 Å². The Bertz CT molecular complexity index is 1430. The Hall–Kier alpha value is -3.83. The van der Waals surface area contributed by atoms with E-state index in [1.165, 1.54) is 0 Å². The number of aromatic amines is 1. The summed E-state index contributed by atoms with van der Waals surface area (Å²) in [5, 5.41) is 1.05. The minimum atomic E-state index is -0.404. The number of hydrogen-bond acceptors (Lipinski definition) is 4. The summed E-state index contributed by atoms with van der Waals surface area (Å²) in [6.07, 6.45) is 5.71. The molecule has 3 N–H and O–H groups in total. The Balaban J connectivity index is 1.65. The van der Waals surface area contributed by atoms with E-state index in [-0.39, 0.29) is 0 Å². The fourth-order valence-electron chi connectivity index (χ4n) is 3.94. The number of fused-ring (bicyclic) bond motifs is 1. The van der Waals surface area contributed by atoms with Crippen molar-refractivity contribution in [3.05, 3.63) is 90.5 Å². The first-order chi connectivity index (χ1) is 15.4. The Kier molecular flexibility index (Phi) is 4.83. The molecule has 1 aromatic carbocycles. The second kappa shape index (κ2) is 7.70. The third kappa shape index (κ3) is 3.79. The molecule has 0 atom stereocenters. The van der Waals surface area contributed by atoms with Crippen LogP contribution < -0.4 is 5.73 Å². The molecule has 0 aliphatic heterocycles. The topological polar surface area (TPSA) is 80.5 Å². The lowest BCUT2D eigenvalue weighted by atomic mass is 9.92. The lowest BCUT2D eigenvalue weighted by molar-refractivity contribution is 0.554. The number of benzene rings is 1. The van der Waals surface area contributed by atoms with E-state index in [0.29, 0.717) is 0 Å². The predicted octanol–water partition coefficient (Wildman–Crippen LogP) is 5.86. The van der Waals surface area contributed by atoms with Crippen LogP contribution in [0.5, 0.6) is 0 Å². The van der Waals surface area contributed by atoms with Gasteiger partial charge in [-0.25, -0.2) is 4.98 Å². The van der Waals surface area contributed by atoms with Crippen molar-refractivity contribution in [3.8, 4) is 33.6 Å². The first-order valence-electron chi connectivity index (χ1n) is 10.7. The molecule has 0 aliphatic carbocycles. The highest BCUT2D eigenvalue weighted by Crippen LogP contribution is 2.33. The van der Waals surface area contributed by atoms with Gasteiger partial charge < -0.3 is 10.7 Å². The van der Waals surface area contributed by atoms with E-state index in [1.54, 1.807) is 0 Å². The van der Waals surface area contributed by atoms with Crippen molar-refractivity contribution in [2.24, 2.45) is 5.73 Å². The molecule has 4 aromatic heterocycles. The first kappa shape index (κ1) is 20.1. The molecule has 0 radical (unpaired) electrons. The zero-order valence-electron chi connectivity index (χ0n) is 18.4. The molecule has 5 heteroatoms. The van der Waals surface area contributed by atoms with Crippen molar-refractivity contribution in [2.45, 2.75) is 26.3 Å². The van der Waals surface area contributed by atoms with Gasteiger partial charge in [0.05, 0.1) is 11.4 Å². The van der Waals surface area contributed by atoms with Crippen molar-refractivity contribution in [2.75, 3.05) is 0 Å². The highest BCUT2D eigenvalue weighted by molar-refractivity contribution is 5.95. The summed E-state index contributed by atoms with van der Waals surface area (Å²) in [6, 6.07) is 20.6. The number of nitrogens with one attached hydrogen (secondary N) is 1. The third-order valence-corrected chi connectivity index (χ3v) is 5.67. The van der Waals surface area contributed by atoms with Gasteiger partial charge in [-0.1, -0.05) is 24.3 Å². The lowest BCUT2D eigenvalue weighted by Crippen LogP contribution is -2.28. The van der Waals surface area contributed by atoms with Crippen LogP contribution in [0.15, 0.2) is 79.3 Å². The van der Waals surface area contributed by atoms with Crippen LogP contribution in [0.2, 0.25) is 0 Å². The van der Waals surface area contributed by atoms with E-state index in [9.17, 15) is 0 Å². The highest BCUT2D eigenvalue weighted by atomic mass is 14.9. The zero-order valence-corrected chi connectivity index (χ0v) is 18.4. The maximum atomic E-state index is 6.33. The minimum Gasteiger partial charge on any atom is -0.346 e. The molecule has 4 heterocycles. The highest BCUT2D eigenvalue weighted by Gasteiger charge is 2.16. The summed E-state index contributed by atoms with van der Waals surface area (Å²) in [5.74, 6) is 0. The van der Waals surface area contributed by atoms with Gasteiger partial charge in [0.25, 0.3) is 0 Å². The molecule has 0 bridgehead atoms. The number of aryl methyl sites for hydroxylation is 1. The third-order valence-electron chi connectivity index (χ3n) is 5.67. The van der Waals surface area contributed by atoms with Gasteiger partial charge in [-0.05, 0) is 73.9 Å². The van der Waals surface area contributed by atoms with E-state index >= 15 is 0 Å². The molecule has 0 fully saturated rings. The SMILES string of the molecule is Cc1cccc(-c2cc(-c3cncc(-c4cccc(C(C)(C)N)c4)c3)c3cc[nH]c3n2)n1. The molecule has 0 amide bonds. The largest absolute Gasteiger partial charge is 0.346 e. The Morgan fingerprint density at radius 3 is 2.44 bits per heavy atom. The molecule has 158 valence electrons. The summed E-state index contributed by atoms with van der Waals surface area (Å²) in [7, 11) is 0. The molecule has 0 saturated heterocycles. The molecular weight excluding hydrogens is 394 g/mol. The summed E-state index contributed by atoms with van der Waals surface area (Å²) in [6.45, 7) is 6.02. The number of nitrogens with two attached hydrogens (primary N) is 1. The number of nitrogens with zero attached hydrogens (tertiary/aromatic N) is 3. The van der Waals surface area contributed by atoms with E-state index < -0.39 is 5.54 Å². The number of rotatable bonds is 4. The van der Waals surface area contributed by atoms with Gasteiger partial charge in [0.2, 0.25) is 0 Å². The smallest absolute Gasteiger partial charge is 0.138 e. The van der Waals surface area contributed by atoms with Gasteiger partial charge in [0.15, 0.2) is 0 Å². The molecule has 0 spiro atoms. The quantitative estimate of drug-likeness (QED) is 0.382. The predicted molar refractivity (Wildman–Crippen MR) is 130 cm³/mol. The fraction of sp³-hybridized carbons (Fsp3) is 0.148. The van der Waals surface area contributed by atoms with Gasteiger partial charge in [-0.2, -0.15) is 0 Å². The van der Waals surface area contributed by atoms with E-state index in [4.69, 9.17) is 10.7 Å². The van der Waals surface area contributed by atoms with E-state index in [0.717, 1.165) is 55.9 Å². The number of aromatic nitrogens is 4. The Labute approximate surface area is 187 Å². The van der Waals surface area contributed by atoms with Crippen LogP contribution in [0.1, 0.15) is 25.1 Å². The van der Waals surface area contributed by atoms with Crippen molar-refractivity contribution < 1.29 is 0 Å². The Morgan fingerprint density at radius 2 is 1.62 bits per heavy atom. The normalized spacial score (nSPS) is 11.8. The molecule has 5 aromatic rings. The van der Waals surface area contributed by atoms with Crippen LogP contribution in [0, 0.1) is 6.92 Å². The Morgan fingerprint density at radius 1 is 0.812 bits per heavy atom. The number of hydrogen-bond donors (Lipinski definition) is 2. The lowest BCUT2D eigenvalue weighted by Gasteiger charge is -2.20. The first-order valence-corrected chi connectivity index (χ1v) is 10.7. The van der Waals surface area contributed by atoms with Gasteiger partial charge >= 0.3 is 0 Å². The standard InChI is InChI=1S/C27H25N5/c1-17-6-4-9-24(31-17)25-14-23(22-10-11-30-26(22)32-25)20-12-19(15-29-16-20)18-7-5-8-21(13-18)27(2,3)28/h4-16H,28H2,1-3H3,(H,30,32). The molecule has 32 heavy (non-hydrogen) atoms. The monoisotopic (exact) mass is 419 g/mol. The zero-order chi connectivity index (χ0) is 22.3. The van der Waals surface area contributed by atoms with Crippen LogP contribution in [0.3, 0.4) is 0 Å². The maximum Gasteiger partial charge on any atom is 0.138 e. The number of pyridine rings is 3. The van der Waals surface area contributed by atoms with Crippen LogP contribution in [-0.4, -0.2) is 19.9 Å². The van der Waals surface area contributed by atoms with Crippen LogP contribution in [0.4, 0.5) is 0 Å². The average molecular weight is 420 g/mol. The van der Waals surface area contributed by atoms with Gasteiger partial charge in [0, 0.05) is 46.3 Å². The van der Waals surface area contributed by atoms with Crippen molar-refractivity contribution in [1.82, 2.24) is 19.9 Å². The second-order valence-corrected chi connectivity index (χ2v) is 8.72. The summed E-state index contributed by atoms with van der Waals surface area (Å²) in [4.78, 5) is 17.3. The molecule has 5 rings (SSSR count). The second-order valence-electron chi connectivity index (χ2n) is 8.72. The molecule has 0 unspecified atom stereocenters. The molecule has 5 nitrogen and oxygen atoms in total. The maximum absolute atomic E-state index is 6.33. The molecular formula is C27H25N5. The number of H-pyrrole nitrogens is 1. The fourth-order valence-corrected chi connectivity index (χ4v) is 3.94. The van der Waals surface area contributed by atoms with Gasteiger partial charge in [0.1, 0.15) is 5.65 Å². The summed E-state index contributed by atoms with van der Waals surface area (Å²) >= 11 is 0. The van der Waals surface area contributed by atoms with E-state index in [1.807, 2.05) is 63.6 Å². The van der Waals surface area contributed by atoms with Crippen molar-refractivity contribution in [1.29, 1.82) is 0 Å². The average Bonchev–Trinajstić information content (AvgIpc) is 3.27. The van der Waals surface area contributed by atoms with Crippen molar-refractivity contribution >= 4 is 11.0 Å². The van der Waals surface area contributed by atoms with Crippen LogP contribution >= 0.6 is 0 Å². The van der Waals surface area contributed by atoms with Gasteiger partial charge in [-0.15, -0.1) is 0 Å². The molecule has 0 aliphatic rings. The summed E-state index contributed by atoms with van der Waals surface area (Å²) in [5.41, 5.74) is 14.7. The summed E-state index contributed by atoms with van der Waals surface area (Å²) < 4.78 is 0. The van der Waals surface area contributed by atoms with Crippen molar-refractivity contribution in [3.63, 3.8) is 0 Å². The molecule has 0 saturated carbocycles. The van der Waals surface area contributed by atoms with Gasteiger partial charge in [-0.3, -0.25) is 9.97 Å². The minimum absolute atomic E-state index is 0.404.